The van der Waals surface area contributed by atoms with Gasteiger partial charge in [-0.25, -0.2) is 4.52 Å². The Hall–Kier alpha value is -3.17. The van der Waals surface area contributed by atoms with Gasteiger partial charge in [0.2, 0.25) is 5.95 Å². The normalized spacial score (nSPS) is 18.2. The van der Waals surface area contributed by atoms with Crippen molar-refractivity contribution in [2.45, 2.75) is 38.1 Å². The summed E-state index contributed by atoms with van der Waals surface area (Å²) in [5, 5.41) is 20.4. The van der Waals surface area contributed by atoms with Crippen LogP contribution in [0.25, 0.3) is 16.6 Å². The Bertz CT molecular complexity index is 1240. The lowest BCUT2D eigenvalue weighted by molar-refractivity contribution is 0.0661. The number of aromatic nitrogens is 5. The molecule has 2 aliphatic rings. The van der Waals surface area contributed by atoms with Crippen LogP contribution in [0.2, 0.25) is 0 Å². The maximum atomic E-state index is 5.50. The molecule has 0 saturated carbocycles. The summed E-state index contributed by atoms with van der Waals surface area (Å²) in [4.78, 5) is 4.69. The molecule has 0 unspecified atom stereocenters. The van der Waals surface area contributed by atoms with Crippen molar-refractivity contribution in [3.8, 4) is 0 Å². The Kier molecular flexibility index (Phi) is 5.57. The van der Waals surface area contributed by atoms with Crippen molar-refractivity contribution in [3.05, 3.63) is 42.1 Å². The molecule has 172 valence electrons. The van der Waals surface area contributed by atoms with E-state index >= 15 is 0 Å². The molecule has 2 fully saturated rings. The molecule has 33 heavy (non-hydrogen) atoms. The number of benzene rings is 1. The van der Waals surface area contributed by atoms with Crippen LogP contribution in [0.4, 0.5) is 17.5 Å². The monoisotopic (exact) mass is 447 g/mol. The quantitative estimate of drug-likeness (QED) is 0.412. The molecular weight excluding hydrogens is 418 g/mol. The fourth-order valence-corrected chi connectivity index (χ4v) is 4.78. The third-order valence-electron chi connectivity index (χ3n) is 6.66. The van der Waals surface area contributed by atoms with Crippen LogP contribution in [0.3, 0.4) is 0 Å². The lowest BCUT2D eigenvalue weighted by Crippen LogP contribution is -2.28. The summed E-state index contributed by atoms with van der Waals surface area (Å²) >= 11 is 0. The zero-order valence-corrected chi connectivity index (χ0v) is 18.6. The predicted octanol–water partition coefficient (Wildman–Crippen LogP) is 3.91. The van der Waals surface area contributed by atoms with Crippen LogP contribution in [0.15, 0.2) is 36.4 Å². The van der Waals surface area contributed by atoms with Gasteiger partial charge in [0, 0.05) is 49.2 Å². The first-order valence-electron chi connectivity index (χ1n) is 11.8. The average molecular weight is 448 g/mol. The average Bonchev–Trinajstić information content (AvgIpc) is 3.44. The fraction of sp³-hybridized carbons (Fsp3) is 0.458. The number of hydrogen-bond acceptors (Lipinski definition) is 7. The third-order valence-corrected chi connectivity index (χ3v) is 6.66. The molecule has 0 aliphatic carbocycles. The van der Waals surface area contributed by atoms with E-state index < -0.39 is 0 Å². The van der Waals surface area contributed by atoms with Crippen molar-refractivity contribution in [2.75, 3.05) is 37.1 Å². The second-order valence-electron chi connectivity index (χ2n) is 8.97. The lowest BCUT2D eigenvalue weighted by atomic mass is 9.95. The van der Waals surface area contributed by atoms with Gasteiger partial charge in [-0.05, 0) is 68.4 Å². The molecule has 5 heterocycles. The Balaban J connectivity index is 1.20. The molecule has 0 amide bonds. The zero-order valence-electron chi connectivity index (χ0n) is 18.6. The third kappa shape index (κ3) is 4.38. The molecule has 9 nitrogen and oxygen atoms in total. The number of hydrogen-bond donors (Lipinski definition) is 3. The van der Waals surface area contributed by atoms with Gasteiger partial charge in [-0.1, -0.05) is 6.07 Å². The van der Waals surface area contributed by atoms with E-state index in [1.165, 1.54) is 5.69 Å². The summed E-state index contributed by atoms with van der Waals surface area (Å²) in [6, 6.07) is 12.8. The van der Waals surface area contributed by atoms with Crippen LogP contribution in [-0.4, -0.2) is 57.3 Å². The molecule has 6 rings (SSSR count). The molecule has 4 aromatic rings. The highest BCUT2D eigenvalue weighted by molar-refractivity contribution is 5.92. The highest BCUT2D eigenvalue weighted by Crippen LogP contribution is 2.27. The number of H-pyrrole nitrogens is 1. The molecule has 3 N–H and O–H groups in total. The van der Waals surface area contributed by atoms with Gasteiger partial charge in [-0.2, -0.15) is 10.1 Å². The van der Waals surface area contributed by atoms with Crippen LogP contribution >= 0.6 is 0 Å². The first kappa shape index (κ1) is 20.4. The number of nitrogens with zero attached hydrogens (tertiary/aromatic N) is 4. The van der Waals surface area contributed by atoms with Gasteiger partial charge in [0.25, 0.3) is 0 Å². The first-order valence-corrected chi connectivity index (χ1v) is 11.8. The van der Waals surface area contributed by atoms with Crippen molar-refractivity contribution in [1.29, 1.82) is 0 Å². The minimum atomic E-state index is 0.403. The van der Waals surface area contributed by atoms with E-state index in [2.05, 4.69) is 39.0 Å². The Morgan fingerprint density at radius 2 is 1.82 bits per heavy atom. The van der Waals surface area contributed by atoms with Crippen LogP contribution in [-0.2, 0) is 15.9 Å². The van der Waals surface area contributed by atoms with Crippen molar-refractivity contribution in [1.82, 2.24) is 24.8 Å². The lowest BCUT2D eigenvalue weighted by Gasteiger charge is -2.23. The van der Waals surface area contributed by atoms with Gasteiger partial charge in [0.15, 0.2) is 11.5 Å². The van der Waals surface area contributed by atoms with E-state index in [4.69, 9.17) is 19.6 Å². The molecule has 2 aliphatic heterocycles. The maximum Gasteiger partial charge on any atom is 0.247 e. The van der Waals surface area contributed by atoms with Crippen molar-refractivity contribution in [3.63, 3.8) is 0 Å². The zero-order chi connectivity index (χ0) is 22.0. The fourth-order valence-electron chi connectivity index (χ4n) is 4.78. The van der Waals surface area contributed by atoms with Gasteiger partial charge >= 0.3 is 0 Å². The summed E-state index contributed by atoms with van der Waals surface area (Å²) in [6.45, 7) is 3.31. The maximum absolute atomic E-state index is 5.50. The number of pyridine rings is 1. The Morgan fingerprint density at radius 1 is 1.00 bits per heavy atom. The van der Waals surface area contributed by atoms with E-state index in [1.54, 1.807) is 0 Å². The largest absolute Gasteiger partial charge is 0.381 e. The van der Waals surface area contributed by atoms with Gasteiger partial charge < -0.3 is 20.1 Å². The second kappa shape index (κ2) is 8.99. The van der Waals surface area contributed by atoms with Crippen molar-refractivity contribution < 1.29 is 9.47 Å². The predicted molar refractivity (Wildman–Crippen MR) is 127 cm³/mol. The summed E-state index contributed by atoms with van der Waals surface area (Å²) in [5.74, 6) is 2.12. The van der Waals surface area contributed by atoms with Crippen LogP contribution in [0, 0.1) is 5.92 Å². The molecular formula is C24H29N7O2. The molecule has 1 aromatic carbocycles. The molecule has 9 heteroatoms. The van der Waals surface area contributed by atoms with E-state index in [9.17, 15) is 0 Å². The summed E-state index contributed by atoms with van der Waals surface area (Å²) in [5.41, 5.74) is 3.93. The second-order valence-corrected chi connectivity index (χ2v) is 8.97. The molecule has 2 saturated heterocycles. The molecule has 0 radical (unpaired) electrons. The van der Waals surface area contributed by atoms with Crippen LogP contribution < -0.4 is 10.6 Å². The highest BCUT2D eigenvalue weighted by Gasteiger charge is 2.18. The Labute approximate surface area is 191 Å². The van der Waals surface area contributed by atoms with Gasteiger partial charge in [-0.3, -0.25) is 5.10 Å². The van der Waals surface area contributed by atoms with Gasteiger partial charge in [0.1, 0.15) is 0 Å². The highest BCUT2D eigenvalue weighted by atomic mass is 16.5. The van der Waals surface area contributed by atoms with Crippen molar-refractivity contribution >= 4 is 34.0 Å². The SMILES string of the molecule is c1cc(CC2CCOCC2)n2nc(Nc3ccc4c(NC5CCOCC5)n[nH]c4c3)nc2c1. The summed E-state index contributed by atoms with van der Waals surface area (Å²) < 4.78 is 12.9. The number of rotatable bonds is 6. The number of anilines is 3. The number of fused-ring (bicyclic) bond motifs is 2. The molecule has 3 aromatic heterocycles. The minimum absolute atomic E-state index is 0.403. The van der Waals surface area contributed by atoms with Gasteiger partial charge in [-0.15, -0.1) is 5.10 Å². The first-order chi connectivity index (χ1) is 16.3. The van der Waals surface area contributed by atoms with E-state index in [0.29, 0.717) is 17.9 Å². The topological polar surface area (TPSA) is 101 Å². The van der Waals surface area contributed by atoms with Crippen LogP contribution in [0.5, 0.6) is 0 Å². The minimum Gasteiger partial charge on any atom is -0.381 e. The molecule has 0 bridgehead atoms. The Morgan fingerprint density at radius 3 is 2.67 bits per heavy atom. The number of nitrogens with one attached hydrogen (secondary N) is 3. The van der Waals surface area contributed by atoms with Crippen LogP contribution in [0.1, 0.15) is 31.4 Å². The smallest absolute Gasteiger partial charge is 0.247 e. The van der Waals surface area contributed by atoms with E-state index in [1.807, 2.05) is 22.7 Å². The van der Waals surface area contributed by atoms with Gasteiger partial charge in [0.05, 0.1) is 5.52 Å². The molecule has 0 spiro atoms. The van der Waals surface area contributed by atoms with E-state index in [-0.39, 0.29) is 0 Å². The summed E-state index contributed by atoms with van der Waals surface area (Å²) in [6.07, 6.45) is 5.21. The van der Waals surface area contributed by atoms with E-state index in [0.717, 1.165) is 86.6 Å². The van der Waals surface area contributed by atoms with Crippen molar-refractivity contribution in [2.24, 2.45) is 5.92 Å². The standard InChI is InChI=1S/C24H29N7O2/c1-2-19(14-16-6-10-32-11-7-16)31-22(3-1)27-24(30-31)26-18-4-5-20-21(15-18)28-29-23(20)25-17-8-12-33-13-9-17/h1-5,15-17H,6-14H2,(H,26,30)(H2,25,28,29). The molecule has 0 atom stereocenters. The number of aromatic amines is 1. The number of ether oxygens (including phenoxy) is 2. The summed E-state index contributed by atoms with van der Waals surface area (Å²) in [7, 11) is 0.